The van der Waals surface area contributed by atoms with Gasteiger partial charge < -0.3 is 33.0 Å². The van der Waals surface area contributed by atoms with Crippen molar-refractivity contribution in [1.82, 2.24) is 14.2 Å². The molecule has 1 aliphatic heterocycles. The van der Waals surface area contributed by atoms with Crippen LogP contribution in [0.2, 0.25) is 18.1 Å². The van der Waals surface area contributed by atoms with Gasteiger partial charge in [0.1, 0.15) is 18.8 Å². The van der Waals surface area contributed by atoms with Crippen LogP contribution in [0.3, 0.4) is 0 Å². The largest absolute Gasteiger partial charge is 0.414 e. The van der Waals surface area contributed by atoms with Crippen LogP contribution in [0, 0.1) is 23.2 Å². The standard InChI is InChI=1S/C38H58N5O8PSi/c1-12-31-32(51-52(48-23-17-21-39)43(27(2)3)28(4)5)33(46-9)36(50-31)42-26-30(20-16-22-47-24-25-49-53(10,11)38(6,7)8)34(41-37(42)45)40-35(44)29-18-14-13-15-19-29/h13-15,18-19,26-28,31-33,36H,12,17,22-25H2,1-11H3,(H,40,41,44,45)/t31-,32-,33-,36-,52?/m1/s1. The van der Waals surface area contributed by atoms with Crippen molar-refractivity contribution < 1.29 is 32.5 Å². The van der Waals surface area contributed by atoms with Gasteiger partial charge in [-0.2, -0.15) is 10.2 Å². The molecule has 2 heterocycles. The average Bonchev–Trinajstić information content (AvgIpc) is 3.44. The van der Waals surface area contributed by atoms with E-state index in [2.05, 4.69) is 94.4 Å². The highest BCUT2D eigenvalue weighted by Crippen LogP contribution is 2.50. The number of hydrogen-bond donors (Lipinski definition) is 1. The van der Waals surface area contributed by atoms with Crippen LogP contribution >= 0.6 is 8.53 Å². The summed E-state index contributed by atoms with van der Waals surface area (Å²) in [5.74, 6) is 5.61. The van der Waals surface area contributed by atoms with Crippen LogP contribution in [0.15, 0.2) is 41.3 Å². The number of rotatable bonds is 18. The van der Waals surface area contributed by atoms with Crippen molar-refractivity contribution in [3.8, 4) is 17.9 Å². The molecule has 0 radical (unpaired) electrons. The zero-order valence-electron chi connectivity index (χ0n) is 33.2. The Morgan fingerprint density at radius 1 is 1.11 bits per heavy atom. The summed E-state index contributed by atoms with van der Waals surface area (Å²) in [7, 11) is -1.99. The molecule has 292 valence electrons. The number of ether oxygens (including phenoxy) is 3. The first kappa shape index (κ1) is 44.4. The molecule has 0 aliphatic carbocycles. The van der Waals surface area contributed by atoms with Gasteiger partial charge >= 0.3 is 5.69 Å². The topological polar surface area (TPSA) is 146 Å². The van der Waals surface area contributed by atoms with Gasteiger partial charge in [0.25, 0.3) is 14.4 Å². The molecule has 5 atom stereocenters. The number of benzene rings is 1. The van der Waals surface area contributed by atoms with Gasteiger partial charge in [0.05, 0.1) is 44.0 Å². The molecule has 2 aromatic rings. The predicted octanol–water partition coefficient (Wildman–Crippen LogP) is 6.87. The highest BCUT2D eigenvalue weighted by Gasteiger charge is 2.49. The van der Waals surface area contributed by atoms with Crippen LogP contribution in [-0.2, 0) is 27.7 Å². The normalized spacial score (nSPS) is 19.6. The molecular formula is C38H58N5O8PSi. The van der Waals surface area contributed by atoms with E-state index in [0.717, 1.165) is 0 Å². The van der Waals surface area contributed by atoms with Crippen molar-refractivity contribution in [2.75, 3.05) is 38.9 Å². The third-order valence-corrected chi connectivity index (χ3v) is 15.9. The Balaban J connectivity index is 1.94. The molecule has 0 bridgehead atoms. The minimum atomic E-state index is -1.90. The highest BCUT2D eigenvalue weighted by molar-refractivity contribution is 7.44. The van der Waals surface area contributed by atoms with Gasteiger partial charge in [-0.15, -0.1) is 0 Å². The lowest BCUT2D eigenvalue weighted by Gasteiger charge is -2.38. The molecule has 1 fully saturated rings. The molecular weight excluding hydrogens is 714 g/mol. The molecule has 0 saturated carbocycles. The summed E-state index contributed by atoms with van der Waals surface area (Å²) < 4.78 is 40.8. The smallest absolute Gasteiger partial charge is 0.351 e. The van der Waals surface area contributed by atoms with Crippen molar-refractivity contribution >= 4 is 28.6 Å². The highest BCUT2D eigenvalue weighted by atomic mass is 31.2. The number of carbonyl (C=O) groups is 1. The zero-order chi connectivity index (χ0) is 39.3. The Hall–Kier alpha value is -3.01. The molecule has 13 nitrogen and oxygen atoms in total. The molecule has 3 rings (SSSR count). The Kier molecular flexibility index (Phi) is 17.3. The number of amides is 1. The third kappa shape index (κ3) is 12.2. The van der Waals surface area contributed by atoms with Gasteiger partial charge in [0, 0.05) is 31.0 Å². The van der Waals surface area contributed by atoms with Gasteiger partial charge in [-0.1, -0.05) is 57.7 Å². The number of carbonyl (C=O) groups excluding carboxylic acids is 1. The molecule has 1 aromatic carbocycles. The van der Waals surface area contributed by atoms with Crippen LogP contribution < -0.4 is 11.0 Å². The van der Waals surface area contributed by atoms with Gasteiger partial charge in [0.15, 0.2) is 20.4 Å². The molecule has 1 saturated heterocycles. The average molecular weight is 772 g/mol. The summed E-state index contributed by atoms with van der Waals surface area (Å²) in [6.07, 6.45) is -0.450. The van der Waals surface area contributed by atoms with Gasteiger partial charge in [-0.3, -0.25) is 9.36 Å². The van der Waals surface area contributed by atoms with E-state index in [1.807, 2.05) is 13.0 Å². The molecule has 1 amide bonds. The number of anilines is 1. The minimum Gasteiger partial charge on any atom is -0.414 e. The van der Waals surface area contributed by atoms with Crippen LogP contribution in [0.25, 0.3) is 0 Å². The summed E-state index contributed by atoms with van der Waals surface area (Å²) in [6.45, 7) is 22.3. The Labute approximate surface area is 317 Å². The second-order valence-corrected chi connectivity index (χ2v) is 21.0. The minimum absolute atomic E-state index is 0.0135. The molecule has 1 unspecified atom stereocenters. The molecule has 0 spiro atoms. The number of nitriles is 1. The van der Waals surface area contributed by atoms with Crippen molar-refractivity contribution in [3.05, 3.63) is 58.1 Å². The quantitative estimate of drug-likeness (QED) is 0.0734. The fraction of sp³-hybridized carbons (Fsp3) is 0.632. The van der Waals surface area contributed by atoms with Crippen molar-refractivity contribution in [2.45, 2.75) is 123 Å². The van der Waals surface area contributed by atoms with Gasteiger partial charge in [-0.05, 0) is 64.4 Å². The molecule has 1 aromatic heterocycles. The van der Waals surface area contributed by atoms with Crippen LogP contribution in [0.1, 0.15) is 90.4 Å². The number of nitrogens with zero attached hydrogens (tertiary/aromatic N) is 4. The summed E-state index contributed by atoms with van der Waals surface area (Å²) in [5.41, 5.74) is 0.0231. The SMILES string of the molecule is CC[C@H]1O[C@@H](n2cc(C#CCOCCO[Si](C)(C)C(C)(C)C)c(NC(=O)c3ccccc3)nc2=O)[C@H](OC)[C@@H]1OP(OCCC#N)N(C(C)C)C(C)C. The fourth-order valence-corrected chi connectivity index (χ4v) is 8.27. The fourth-order valence-electron chi connectivity index (χ4n) is 5.47. The first-order valence-electron chi connectivity index (χ1n) is 18.2. The maximum Gasteiger partial charge on any atom is 0.351 e. The maximum absolute atomic E-state index is 13.7. The monoisotopic (exact) mass is 771 g/mol. The van der Waals surface area contributed by atoms with Crippen molar-refractivity contribution in [3.63, 3.8) is 0 Å². The summed E-state index contributed by atoms with van der Waals surface area (Å²) in [5, 5.41) is 12.0. The Bertz CT molecular complexity index is 1630. The Morgan fingerprint density at radius 3 is 2.38 bits per heavy atom. The Morgan fingerprint density at radius 2 is 1.79 bits per heavy atom. The first-order chi connectivity index (χ1) is 25.1. The van der Waals surface area contributed by atoms with E-state index in [4.69, 9.17) is 32.9 Å². The van der Waals surface area contributed by atoms with E-state index in [1.165, 1.54) is 17.9 Å². The first-order valence-corrected chi connectivity index (χ1v) is 22.2. The summed E-state index contributed by atoms with van der Waals surface area (Å²) >= 11 is 0. The van der Waals surface area contributed by atoms with Crippen LogP contribution in [-0.4, -0.2) is 92.4 Å². The van der Waals surface area contributed by atoms with E-state index in [1.54, 1.807) is 24.3 Å². The predicted molar refractivity (Wildman–Crippen MR) is 209 cm³/mol. The second-order valence-electron chi connectivity index (χ2n) is 14.8. The maximum atomic E-state index is 13.7. The molecule has 1 N–H and O–H groups in total. The lowest BCUT2D eigenvalue weighted by atomic mass is 10.1. The molecule has 1 aliphatic rings. The number of aromatic nitrogens is 2. The van der Waals surface area contributed by atoms with Gasteiger partial charge in [0.2, 0.25) is 0 Å². The molecule has 15 heteroatoms. The zero-order valence-corrected chi connectivity index (χ0v) is 35.1. The van der Waals surface area contributed by atoms with E-state index in [9.17, 15) is 9.59 Å². The van der Waals surface area contributed by atoms with E-state index < -0.39 is 53.0 Å². The lowest BCUT2D eigenvalue weighted by molar-refractivity contribution is -0.0539. The van der Waals surface area contributed by atoms with E-state index in [-0.39, 0.29) is 42.6 Å². The van der Waals surface area contributed by atoms with E-state index in [0.29, 0.717) is 30.8 Å². The lowest BCUT2D eigenvalue weighted by Crippen LogP contribution is -2.41. The number of hydrogen-bond acceptors (Lipinski definition) is 11. The van der Waals surface area contributed by atoms with Gasteiger partial charge in [-0.25, -0.2) is 9.46 Å². The number of methoxy groups -OCH3 is 1. The summed E-state index contributed by atoms with van der Waals surface area (Å²) in [4.78, 5) is 31.2. The second kappa shape index (κ2) is 20.6. The third-order valence-electron chi connectivity index (χ3n) is 9.22. The van der Waals surface area contributed by atoms with Crippen LogP contribution in [0.5, 0.6) is 0 Å². The van der Waals surface area contributed by atoms with E-state index >= 15 is 0 Å². The number of nitrogens with one attached hydrogen (secondary N) is 1. The van der Waals surface area contributed by atoms with Crippen molar-refractivity contribution in [1.29, 1.82) is 5.26 Å². The molecule has 53 heavy (non-hydrogen) atoms. The van der Waals surface area contributed by atoms with Crippen molar-refractivity contribution in [2.24, 2.45) is 0 Å². The summed E-state index contributed by atoms with van der Waals surface area (Å²) in [6, 6.07) is 10.9. The van der Waals surface area contributed by atoms with Crippen LogP contribution in [0.4, 0.5) is 5.82 Å².